The van der Waals surface area contributed by atoms with E-state index >= 15 is 0 Å². The van der Waals surface area contributed by atoms with Crippen molar-refractivity contribution in [3.63, 3.8) is 0 Å². The second kappa shape index (κ2) is 14.9. The third kappa shape index (κ3) is 8.72. The van der Waals surface area contributed by atoms with Crippen LogP contribution in [-0.4, -0.2) is 69.2 Å². The van der Waals surface area contributed by atoms with Crippen LogP contribution in [0.5, 0.6) is 11.5 Å². The fraction of sp³-hybridized carbons (Fsp3) is 0.375. The van der Waals surface area contributed by atoms with E-state index in [1.807, 2.05) is 30.3 Å². The van der Waals surface area contributed by atoms with E-state index in [0.29, 0.717) is 11.3 Å². The molecule has 0 aromatic heterocycles. The molecule has 1 fully saturated rings. The molecular weight excluding hydrogens is 600 g/mol. The summed E-state index contributed by atoms with van der Waals surface area (Å²) in [6, 6.07) is 18.8. The molecule has 1 atom stereocenters. The van der Waals surface area contributed by atoms with Gasteiger partial charge in [-0.05, 0) is 42.2 Å². The molecule has 0 saturated heterocycles. The lowest BCUT2D eigenvalue weighted by Gasteiger charge is -2.34. The Bertz CT molecular complexity index is 1610. The van der Waals surface area contributed by atoms with Crippen LogP contribution in [0.4, 0.5) is 11.4 Å². The van der Waals surface area contributed by atoms with Gasteiger partial charge in [0, 0.05) is 31.1 Å². The molecule has 12 nitrogen and oxygen atoms in total. The number of amides is 2. The number of hydrogen-bond acceptors (Lipinski definition) is 8. The fourth-order valence-corrected chi connectivity index (χ4v) is 6.32. The second-order valence-electron chi connectivity index (χ2n) is 11.0. The molecule has 240 valence electrons. The first-order valence-corrected chi connectivity index (χ1v) is 16.4. The van der Waals surface area contributed by atoms with Gasteiger partial charge in [-0.3, -0.25) is 24.0 Å². The molecular formula is C32H38N4O8S. The number of sulfonamides is 1. The number of benzene rings is 3. The van der Waals surface area contributed by atoms with Crippen molar-refractivity contribution in [2.45, 2.75) is 50.7 Å². The Labute approximate surface area is 263 Å². The Morgan fingerprint density at radius 2 is 1.67 bits per heavy atom. The summed E-state index contributed by atoms with van der Waals surface area (Å²) in [5.41, 5.74) is 0.929. The zero-order chi connectivity index (χ0) is 32.6. The van der Waals surface area contributed by atoms with Crippen LogP contribution >= 0.6 is 0 Å². The van der Waals surface area contributed by atoms with Gasteiger partial charge in [-0.15, -0.1) is 0 Å². The number of methoxy groups -OCH3 is 2. The number of anilines is 1. The molecule has 1 aliphatic carbocycles. The standard InChI is InChI=1S/C32H38N4O8S/c1-43-27-15-9-12-24(18-27)21-34(29(19-23-10-5-4-6-11-23)32(38)33-25-13-7-8-14-25)31(37)22-35(45(3,41)42)28-20-26(36(39)40)16-17-30(28)44-2/h4-6,9-12,15-18,20,25,29H,7-8,13-14,19,21-22H2,1-3H3,(H,33,38)/t29-/m1/s1. The average Bonchev–Trinajstić information content (AvgIpc) is 3.54. The monoisotopic (exact) mass is 638 g/mol. The zero-order valence-corrected chi connectivity index (χ0v) is 26.4. The number of carbonyl (C=O) groups is 2. The number of nitro groups is 1. The number of rotatable bonds is 14. The zero-order valence-electron chi connectivity index (χ0n) is 25.5. The Hall–Kier alpha value is -4.65. The molecule has 1 N–H and O–H groups in total. The summed E-state index contributed by atoms with van der Waals surface area (Å²) in [5.74, 6) is -0.452. The first-order valence-electron chi connectivity index (χ1n) is 14.6. The minimum atomic E-state index is -4.17. The summed E-state index contributed by atoms with van der Waals surface area (Å²) in [6.07, 6.45) is 4.74. The number of carbonyl (C=O) groups excluding carboxylic acids is 2. The van der Waals surface area contributed by atoms with E-state index in [2.05, 4.69) is 5.32 Å². The van der Waals surface area contributed by atoms with Gasteiger partial charge in [0.2, 0.25) is 21.8 Å². The van der Waals surface area contributed by atoms with Gasteiger partial charge in [0.25, 0.3) is 5.69 Å². The predicted octanol–water partition coefficient (Wildman–Crippen LogP) is 4.08. The van der Waals surface area contributed by atoms with Crippen LogP contribution in [0.25, 0.3) is 0 Å². The van der Waals surface area contributed by atoms with E-state index in [0.717, 1.165) is 47.9 Å². The van der Waals surface area contributed by atoms with E-state index in [9.17, 15) is 28.1 Å². The maximum Gasteiger partial charge on any atom is 0.271 e. The molecule has 3 aromatic carbocycles. The SMILES string of the molecule is COc1cccc(CN(C(=O)CN(c2cc([N+](=O)[O-])ccc2OC)S(C)(=O)=O)[C@H](Cc2ccccc2)C(=O)NC2CCCC2)c1. The number of hydrogen-bond donors (Lipinski definition) is 1. The third-order valence-electron chi connectivity index (χ3n) is 7.78. The van der Waals surface area contributed by atoms with Crippen LogP contribution in [-0.2, 0) is 32.6 Å². The van der Waals surface area contributed by atoms with Crippen molar-refractivity contribution < 1.29 is 32.4 Å². The van der Waals surface area contributed by atoms with Crippen molar-refractivity contribution in [1.29, 1.82) is 0 Å². The second-order valence-corrected chi connectivity index (χ2v) is 12.9. The highest BCUT2D eigenvalue weighted by atomic mass is 32.2. The largest absolute Gasteiger partial charge is 0.497 e. The van der Waals surface area contributed by atoms with Crippen LogP contribution in [0, 0.1) is 10.1 Å². The number of non-ortho nitro benzene ring substituents is 1. The van der Waals surface area contributed by atoms with Gasteiger partial charge in [0.1, 0.15) is 29.8 Å². The number of nitro benzene ring substituents is 1. The summed E-state index contributed by atoms with van der Waals surface area (Å²) in [4.78, 5) is 40.6. The van der Waals surface area contributed by atoms with E-state index in [-0.39, 0.29) is 42.0 Å². The molecule has 2 amide bonds. The minimum absolute atomic E-state index is 0.0220. The molecule has 1 aliphatic rings. The van der Waals surface area contributed by atoms with Crippen molar-refractivity contribution in [3.05, 3.63) is 94.0 Å². The molecule has 0 unspecified atom stereocenters. The van der Waals surface area contributed by atoms with Crippen LogP contribution < -0.4 is 19.1 Å². The highest BCUT2D eigenvalue weighted by molar-refractivity contribution is 7.92. The Morgan fingerprint density at radius 1 is 0.978 bits per heavy atom. The van der Waals surface area contributed by atoms with Gasteiger partial charge in [0.15, 0.2) is 0 Å². The molecule has 0 aliphatic heterocycles. The topological polar surface area (TPSA) is 148 Å². The highest BCUT2D eigenvalue weighted by Gasteiger charge is 2.35. The summed E-state index contributed by atoms with van der Waals surface area (Å²) in [6.45, 7) is -0.766. The lowest BCUT2D eigenvalue weighted by atomic mass is 10.0. The van der Waals surface area contributed by atoms with Crippen LogP contribution in [0.15, 0.2) is 72.8 Å². The summed E-state index contributed by atoms with van der Waals surface area (Å²) >= 11 is 0. The lowest BCUT2D eigenvalue weighted by molar-refractivity contribution is -0.384. The Morgan fingerprint density at radius 3 is 2.29 bits per heavy atom. The predicted molar refractivity (Wildman–Crippen MR) is 170 cm³/mol. The Kier molecular flexibility index (Phi) is 11.0. The van der Waals surface area contributed by atoms with Gasteiger partial charge >= 0.3 is 0 Å². The van der Waals surface area contributed by atoms with Crippen LogP contribution in [0.1, 0.15) is 36.8 Å². The summed E-state index contributed by atoms with van der Waals surface area (Å²) in [7, 11) is -1.35. The normalized spacial score (nSPS) is 13.9. The van der Waals surface area contributed by atoms with E-state index in [4.69, 9.17) is 9.47 Å². The van der Waals surface area contributed by atoms with Crippen molar-refractivity contribution >= 4 is 33.2 Å². The van der Waals surface area contributed by atoms with Crippen LogP contribution in [0.3, 0.4) is 0 Å². The fourth-order valence-electron chi connectivity index (χ4n) is 5.47. The maximum absolute atomic E-state index is 14.4. The van der Waals surface area contributed by atoms with Gasteiger partial charge < -0.3 is 19.7 Å². The van der Waals surface area contributed by atoms with Crippen molar-refractivity contribution in [2.24, 2.45) is 0 Å². The number of nitrogens with one attached hydrogen (secondary N) is 1. The third-order valence-corrected chi connectivity index (χ3v) is 8.91. The molecule has 3 aromatic rings. The molecule has 1 saturated carbocycles. The Balaban J connectivity index is 1.79. The van der Waals surface area contributed by atoms with E-state index in [1.165, 1.54) is 31.3 Å². The quantitative estimate of drug-likeness (QED) is 0.205. The van der Waals surface area contributed by atoms with E-state index < -0.39 is 33.4 Å². The van der Waals surface area contributed by atoms with Gasteiger partial charge in [-0.2, -0.15) is 0 Å². The van der Waals surface area contributed by atoms with Crippen LogP contribution in [0.2, 0.25) is 0 Å². The maximum atomic E-state index is 14.4. The van der Waals surface area contributed by atoms with Crippen molar-refractivity contribution in [1.82, 2.24) is 10.2 Å². The van der Waals surface area contributed by atoms with Gasteiger partial charge in [-0.1, -0.05) is 55.3 Å². The first-order chi connectivity index (χ1) is 21.5. The molecule has 0 heterocycles. The average molecular weight is 639 g/mol. The molecule has 0 spiro atoms. The van der Waals surface area contributed by atoms with Crippen molar-refractivity contribution in [3.8, 4) is 11.5 Å². The highest BCUT2D eigenvalue weighted by Crippen LogP contribution is 2.34. The summed E-state index contributed by atoms with van der Waals surface area (Å²) < 4.78 is 37.8. The molecule has 0 bridgehead atoms. The van der Waals surface area contributed by atoms with E-state index in [1.54, 1.807) is 24.3 Å². The summed E-state index contributed by atoms with van der Waals surface area (Å²) in [5, 5.41) is 14.7. The first kappa shape index (κ1) is 33.2. The van der Waals surface area contributed by atoms with Crippen molar-refractivity contribution in [2.75, 3.05) is 31.3 Å². The minimum Gasteiger partial charge on any atom is -0.497 e. The molecule has 13 heteroatoms. The number of ether oxygens (including phenoxy) is 2. The smallest absolute Gasteiger partial charge is 0.271 e. The number of nitrogens with zero attached hydrogens (tertiary/aromatic N) is 3. The molecule has 4 rings (SSSR count). The lowest BCUT2D eigenvalue weighted by Crippen LogP contribution is -2.54. The molecule has 0 radical (unpaired) electrons. The van der Waals surface area contributed by atoms with Gasteiger partial charge in [-0.25, -0.2) is 8.42 Å². The van der Waals surface area contributed by atoms with Gasteiger partial charge in [0.05, 0.1) is 25.4 Å². The molecule has 45 heavy (non-hydrogen) atoms.